The molecule has 1 atom stereocenters. The number of carbonyl (C=O) groups excluding carboxylic acids is 2. The van der Waals surface area contributed by atoms with E-state index in [2.05, 4.69) is 22.5 Å². The number of benzene rings is 2. The molecule has 0 heterocycles. The van der Waals surface area contributed by atoms with Crippen LogP contribution in [0.3, 0.4) is 0 Å². The van der Waals surface area contributed by atoms with Gasteiger partial charge in [0.05, 0.1) is 0 Å². The molecule has 0 aromatic heterocycles. The van der Waals surface area contributed by atoms with Crippen molar-refractivity contribution in [3.63, 3.8) is 0 Å². The zero-order valence-corrected chi connectivity index (χ0v) is 15.0. The maximum Gasteiger partial charge on any atom is 0.267 e. The Morgan fingerprint density at radius 1 is 1.04 bits per heavy atom. The van der Waals surface area contributed by atoms with Crippen LogP contribution in [0.5, 0.6) is 0 Å². The van der Waals surface area contributed by atoms with Gasteiger partial charge in [-0.15, -0.1) is 0 Å². The average molecular weight is 366 g/mol. The Labute approximate surface area is 157 Å². The van der Waals surface area contributed by atoms with Crippen LogP contribution in [0.4, 0.5) is 0 Å². The van der Waals surface area contributed by atoms with Crippen LogP contribution in [0.15, 0.2) is 48.5 Å². The molecule has 0 unspecified atom stereocenters. The summed E-state index contributed by atoms with van der Waals surface area (Å²) < 4.78 is 0. The Morgan fingerprint density at radius 2 is 1.59 bits per heavy atom. The second-order valence-electron chi connectivity index (χ2n) is 5.79. The van der Waals surface area contributed by atoms with Crippen LogP contribution in [0, 0.1) is 11.8 Å². The summed E-state index contributed by atoms with van der Waals surface area (Å²) in [7, 11) is 1.90. The lowest BCUT2D eigenvalue weighted by Gasteiger charge is -2.14. The zero-order chi connectivity index (χ0) is 19.6. The molecule has 7 heteroatoms. The van der Waals surface area contributed by atoms with Gasteiger partial charge in [0, 0.05) is 29.8 Å². The normalized spacial score (nSPS) is 11.1. The van der Waals surface area contributed by atoms with E-state index in [0.29, 0.717) is 5.56 Å². The fourth-order valence-electron chi connectivity index (χ4n) is 2.31. The van der Waals surface area contributed by atoms with Crippen LogP contribution in [0.1, 0.15) is 27.0 Å². The van der Waals surface area contributed by atoms with Gasteiger partial charge in [0.15, 0.2) is 0 Å². The van der Waals surface area contributed by atoms with Gasteiger partial charge >= 0.3 is 0 Å². The summed E-state index contributed by atoms with van der Waals surface area (Å²) in [4.78, 5) is 23.5. The van der Waals surface area contributed by atoms with Crippen molar-refractivity contribution in [1.29, 1.82) is 0 Å². The first-order valence-corrected chi connectivity index (χ1v) is 8.38. The summed E-state index contributed by atoms with van der Waals surface area (Å²) in [6.45, 7) is 0.678. The number of hydrogen-bond donors (Lipinski definition) is 5. The van der Waals surface area contributed by atoms with E-state index in [-0.39, 0.29) is 6.54 Å². The maximum atomic E-state index is 12.1. The maximum absolute atomic E-state index is 12.1. The van der Waals surface area contributed by atoms with Gasteiger partial charge in [-0.25, -0.2) is 5.48 Å². The molecule has 0 aliphatic carbocycles. The third-order valence-corrected chi connectivity index (χ3v) is 3.80. The van der Waals surface area contributed by atoms with Crippen molar-refractivity contribution in [2.24, 2.45) is 5.73 Å². The molecular weight excluding hydrogens is 344 g/mol. The van der Waals surface area contributed by atoms with Gasteiger partial charge in [-0.2, -0.15) is 0 Å². The number of hydroxylamine groups is 1. The molecule has 0 saturated carbocycles. The Balaban J connectivity index is 2.02. The summed E-state index contributed by atoms with van der Waals surface area (Å²) in [6, 6.07) is 13.6. The molecule has 7 nitrogen and oxygen atoms in total. The minimum atomic E-state index is -1.01. The highest BCUT2D eigenvalue weighted by Crippen LogP contribution is 2.06. The largest absolute Gasteiger partial charge is 0.339 e. The van der Waals surface area contributed by atoms with Crippen molar-refractivity contribution in [3.05, 3.63) is 70.8 Å². The lowest BCUT2D eigenvalue weighted by atomic mass is 10.1. The van der Waals surface area contributed by atoms with Crippen LogP contribution in [-0.4, -0.2) is 36.7 Å². The molecule has 140 valence electrons. The number of carbonyl (C=O) groups is 2. The Hall–Kier alpha value is -3.18. The first-order chi connectivity index (χ1) is 13.1. The highest BCUT2D eigenvalue weighted by atomic mass is 16.5. The minimum Gasteiger partial charge on any atom is -0.339 e. The fourth-order valence-corrected chi connectivity index (χ4v) is 2.31. The predicted octanol–water partition coefficient (Wildman–Crippen LogP) is 0.368. The lowest BCUT2D eigenvalue weighted by Crippen LogP contribution is -2.50. The van der Waals surface area contributed by atoms with Gasteiger partial charge in [-0.3, -0.25) is 14.8 Å². The van der Waals surface area contributed by atoms with E-state index in [1.807, 2.05) is 31.3 Å². The van der Waals surface area contributed by atoms with Gasteiger partial charge in [0.2, 0.25) is 0 Å². The third kappa shape index (κ3) is 5.94. The third-order valence-electron chi connectivity index (χ3n) is 3.80. The zero-order valence-electron chi connectivity index (χ0n) is 15.0. The van der Waals surface area contributed by atoms with Gasteiger partial charge in [0.1, 0.15) is 6.04 Å². The van der Waals surface area contributed by atoms with E-state index in [1.165, 1.54) is 11.0 Å². The van der Waals surface area contributed by atoms with Crippen LogP contribution in [-0.2, 0) is 11.3 Å². The summed E-state index contributed by atoms with van der Waals surface area (Å²) in [5.41, 5.74) is 10.1. The molecule has 6 N–H and O–H groups in total. The van der Waals surface area contributed by atoms with Crippen LogP contribution in [0.2, 0.25) is 0 Å². The van der Waals surface area contributed by atoms with E-state index in [9.17, 15) is 9.59 Å². The van der Waals surface area contributed by atoms with E-state index in [0.717, 1.165) is 17.7 Å². The average Bonchev–Trinajstić information content (AvgIpc) is 2.71. The highest BCUT2D eigenvalue weighted by molar-refractivity contribution is 5.97. The molecule has 0 radical (unpaired) electrons. The quantitative estimate of drug-likeness (QED) is 0.288. The molecule has 2 aromatic rings. The van der Waals surface area contributed by atoms with E-state index in [4.69, 9.17) is 10.9 Å². The number of rotatable bonds is 6. The van der Waals surface area contributed by atoms with Gasteiger partial charge in [0.25, 0.3) is 11.8 Å². The summed E-state index contributed by atoms with van der Waals surface area (Å²) >= 11 is 0. The predicted molar refractivity (Wildman–Crippen MR) is 102 cm³/mol. The van der Waals surface area contributed by atoms with Crippen molar-refractivity contribution in [3.8, 4) is 11.8 Å². The first kappa shape index (κ1) is 20.1. The Kier molecular flexibility index (Phi) is 7.52. The second kappa shape index (κ2) is 10.1. The number of nitrogens with one attached hydrogen (secondary N) is 3. The molecule has 27 heavy (non-hydrogen) atoms. The van der Waals surface area contributed by atoms with Crippen LogP contribution >= 0.6 is 0 Å². The standard InChI is InChI=1S/C20H22N4O3/c1-22-13-16-6-4-14(5-7-16)2-3-15-8-10-17(11-9-15)19(25)23-18(12-21)20(26)24-27/h4-11,18,22,27H,12-13,21H2,1H3,(H,23,25)(H,24,26)/t18-/m0/s1. The lowest BCUT2D eigenvalue weighted by molar-refractivity contribution is -0.130. The molecule has 0 saturated heterocycles. The summed E-state index contributed by atoms with van der Waals surface area (Å²) in [5, 5.41) is 14.2. The fraction of sp³-hybridized carbons (Fsp3) is 0.200. The second-order valence-corrected chi connectivity index (χ2v) is 5.79. The molecule has 2 aromatic carbocycles. The highest BCUT2D eigenvalue weighted by Gasteiger charge is 2.19. The van der Waals surface area contributed by atoms with Crippen molar-refractivity contribution in [2.75, 3.05) is 13.6 Å². The summed E-state index contributed by atoms with van der Waals surface area (Å²) in [6.07, 6.45) is 0. The first-order valence-electron chi connectivity index (χ1n) is 8.38. The molecule has 0 fully saturated rings. The van der Waals surface area contributed by atoms with Gasteiger partial charge in [-0.1, -0.05) is 24.0 Å². The molecule has 0 aliphatic heterocycles. The van der Waals surface area contributed by atoms with E-state index in [1.54, 1.807) is 24.3 Å². The van der Waals surface area contributed by atoms with E-state index < -0.39 is 17.9 Å². The van der Waals surface area contributed by atoms with Crippen molar-refractivity contribution < 1.29 is 14.8 Å². The van der Waals surface area contributed by atoms with Crippen molar-refractivity contribution in [2.45, 2.75) is 12.6 Å². The summed E-state index contributed by atoms with van der Waals surface area (Å²) in [5.74, 6) is 4.88. The molecular formula is C20H22N4O3. The molecule has 2 amide bonds. The molecule has 0 aliphatic rings. The SMILES string of the molecule is CNCc1ccc(C#Cc2ccc(C(=O)N[C@@H](CN)C(=O)NO)cc2)cc1. The van der Waals surface area contributed by atoms with Crippen molar-refractivity contribution in [1.82, 2.24) is 16.1 Å². The number of nitrogens with two attached hydrogens (primary N) is 1. The van der Waals surface area contributed by atoms with Gasteiger partial charge in [-0.05, 0) is 49.0 Å². The molecule has 0 spiro atoms. The number of amides is 2. The van der Waals surface area contributed by atoms with Gasteiger partial charge < -0.3 is 16.4 Å². The molecule has 2 rings (SSSR count). The molecule has 0 bridgehead atoms. The Bertz CT molecular complexity index is 836. The Morgan fingerprint density at radius 3 is 2.07 bits per heavy atom. The number of hydrogen-bond acceptors (Lipinski definition) is 5. The van der Waals surface area contributed by atoms with Crippen LogP contribution in [0.25, 0.3) is 0 Å². The van der Waals surface area contributed by atoms with E-state index >= 15 is 0 Å². The van der Waals surface area contributed by atoms with Crippen LogP contribution < -0.4 is 21.8 Å². The smallest absolute Gasteiger partial charge is 0.267 e. The van der Waals surface area contributed by atoms with Crippen molar-refractivity contribution >= 4 is 11.8 Å². The monoisotopic (exact) mass is 366 g/mol. The minimum absolute atomic E-state index is 0.130. The topological polar surface area (TPSA) is 116 Å².